The molecule has 4 nitrogen and oxygen atoms in total. The second kappa shape index (κ2) is 7.75. The Morgan fingerprint density at radius 3 is 2.87 bits per heavy atom. The molecule has 1 aliphatic heterocycles. The molecule has 1 fully saturated rings. The zero-order valence-electron chi connectivity index (χ0n) is 13.9. The number of amides is 1. The molecule has 0 spiro atoms. The lowest BCUT2D eigenvalue weighted by atomic mass is 9.98. The number of likely N-dealkylation sites (tertiary alicyclic amines) is 1. The molecule has 2 rings (SSSR count). The van der Waals surface area contributed by atoms with Crippen LogP contribution in [-0.4, -0.2) is 36.2 Å². The normalized spacial score (nSPS) is 18.7. The monoisotopic (exact) mass is 402 g/mol. The van der Waals surface area contributed by atoms with E-state index in [-0.39, 0.29) is 6.09 Å². The second-order valence-corrected chi connectivity index (χ2v) is 8.21. The maximum atomic E-state index is 12.2. The molecule has 23 heavy (non-hydrogen) atoms. The highest BCUT2D eigenvalue weighted by atomic mass is 79.9. The van der Waals surface area contributed by atoms with E-state index in [0.29, 0.717) is 10.9 Å². The maximum absolute atomic E-state index is 12.2. The fraction of sp³-hybridized carbons (Fsp3) is 0.588. The predicted molar refractivity (Wildman–Crippen MR) is 98.2 cm³/mol. The first-order valence-electron chi connectivity index (χ1n) is 7.91. The molecule has 0 aliphatic carbocycles. The van der Waals surface area contributed by atoms with Crippen LogP contribution in [0, 0.1) is 5.92 Å². The minimum atomic E-state index is -0.448. The molecule has 0 radical (unpaired) electrons. The first-order valence-corrected chi connectivity index (χ1v) is 9.08. The van der Waals surface area contributed by atoms with Crippen molar-refractivity contribution in [3.8, 4) is 0 Å². The van der Waals surface area contributed by atoms with Crippen LogP contribution in [0.15, 0.2) is 22.7 Å². The summed E-state index contributed by atoms with van der Waals surface area (Å²) in [5.41, 5.74) is 0.545. The van der Waals surface area contributed by atoms with Gasteiger partial charge in [0.1, 0.15) is 5.60 Å². The van der Waals surface area contributed by atoms with Gasteiger partial charge in [0.2, 0.25) is 0 Å². The quantitative estimate of drug-likeness (QED) is 0.757. The van der Waals surface area contributed by atoms with Crippen LogP contribution in [0.4, 0.5) is 10.5 Å². The van der Waals surface area contributed by atoms with E-state index in [0.717, 1.165) is 42.6 Å². The fourth-order valence-corrected chi connectivity index (χ4v) is 3.02. The molecule has 1 aliphatic rings. The van der Waals surface area contributed by atoms with Gasteiger partial charge in [0.15, 0.2) is 0 Å². The summed E-state index contributed by atoms with van der Waals surface area (Å²) in [6.07, 6.45) is 1.90. The number of carbonyl (C=O) groups is 1. The zero-order valence-corrected chi connectivity index (χ0v) is 16.2. The lowest BCUT2D eigenvalue weighted by molar-refractivity contribution is 0.0172. The van der Waals surface area contributed by atoms with Crippen LogP contribution in [0.1, 0.15) is 33.6 Å². The summed E-state index contributed by atoms with van der Waals surface area (Å²) >= 11 is 9.49. The number of halogens is 2. The Balaban J connectivity index is 1.86. The number of hydrogen-bond donors (Lipinski definition) is 1. The number of ether oxygens (including phenoxy) is 1. The van der Waals surface area contributed by atoms with Crippen LogP contribution in [0.5, 0.6) is 0 Å². The molecule has 1 heterocycles. The van der Waals surface area contributed by atoms with Gasteiger partial charge < -0.3 is 15.0 Å². The molecule has 128 valence electrons. The number of hydrogen-bond acceptors (Lipinski definition) is 3. The molecule has 0 aromatic heterocycles. The summed E-state index contributed by atoms with van der Waals surface area (Å²) in [5.74, 6) is 0.415. The Labute approximate surface area is 151 Å². The Morgan fingerprint density at radius 2 is 2.22 bits per heavy atom. The van der Waals surface area contributed by atoms with Crippen molar-refractivity contribution in [3.05, 3.63) is 27.7 Å². The standard InChI is InChI=1S/C17H24BrClN2O2/c1-17(2,3)23-16(22)21-8-4-5-12(11-21)10-20-13-6-7-14(18)15(19)9-13/h6-7,9,12,20H,4-5,8,10-11H2,1-3H3. The first-order chi connectivity index (χ1) is 10.7. The molecule has 1 unspecified atom stereocenters. The van der Waals surface area contributed by atoms with Crippen molar-refractivity contribution in [2.45, 2.75) is 39.2 Å². The van der Waals surface area contributed by atoms with E-state index >= 15 is 0 Å². The van der Waals surface area contributed by atoms with Gasteiger partial charge in [-0.15, -0.1) is 0 Å². The van der Waals surface area contributed by atoms with E-state index in [9.17, 15) is 4.79 Å². The number of nitrogens with zero attached hydrogens (tertiary/aromatic N) is 1. The Hall–Kier alpha value is -0.940. The molecule has 1 saturated heterocycles. The Kier molecular flexibility index (Phi) is 6.20. The molecule has 0 saturated carbocycles. The van der Waals surface area contributed by atoms with Crippen LogP contribution in [0.25, 0.3) is 0 Å². The van der Waals surface area contributed by atoms with Crippen LogP contribution in [-0.2, 0) is 4.74 Å². The van der Waals surface area contributed by atoms with Gasteiger partial charge in [0, 0.05) is 29.8 Å². The fourth-order valence-electron chi connectivity index (χ4n) is 2.59. The van der Waals surface area contributed by atoms with Crippen LogP contribution < -0.4 is 5.32 Å². The first kappa shape index (κ1) is 18.4. The number of anilines is 1. The Bertz CT molecular complexity index is 560. The lowest BCUT2D eigenvalue weighted by Gasteiger charge is -2.34. The van der Waals surface area contributed by atoms with Crippen LogP contribution >= 0.6 is 27.5 Å². The summed E-state index contributed by atoms with van der Waals surface area (Å²) in [6.45, 7) is 8.00. The van der Waals surface area contributed by atoms with Crippen molar-refractivity contribution in [2.75, 3.05) is 25.0 Å². The van der Waals surface area contributed by atoms with Crippen molar-refractivity contribution in [1.29, 1.82) is 0 Å². The molecule has 1 N–H and O–H groups in total. The minimum absolute atomic E-state index is 0.214. The summed E-state index contributed by atoms with van der Waals surface area (Å²) in [6, 6.07) is 5.82. The predicted octanol–water partition coefficient (Wildman–Crippen LogP) is 5.16. The molecule has 1 amide bonds. The SMILES string of the molecule is CC(C)(C)OC(=O)N1CCCC(CNc2ccc(Br)c(Cl)c2)C1. The topological polar surface area (TPSA) is 41.6 Å². The van der Waals surface area contributed by atoms with E-state index in [2.05, 4.69) is 21.2 Å². The summed E-state index contributed by atoms with van der Waals surface area (Å²) in [7, 11) is 0. The third-order valence-corrected chi connectivity index (χ3v) is 4.92. The van der Waals surface area contributed by atoms with Crippen LogP contribution in [0.2, 0.25) is 5.02 Å². The molecular formula is C17H24BrClN2O2. The number of piperidine rings is 1. The summed E-state index contributed by atoms with van der Waals surface area (Å²) < 4.78 is 6.35. The van der Waals surface area contributed by atoms with E-state index in [4.69, 9.17) is 16.3 Å². The van der Waals surface area contributed by atoms with E-state index in [1.807, 2.05) is 43.9 Å². The van der Waals surface area contributed by atoms with Gasteiger partial charge in [-0.25, -0.2) is 4.79 Å². The van der Waals surface area contributed by atoms with Crippen molar-refractivity contribution in [3.63, 3.8) is 0 Å². The van der Waals surface area contributed by atoms with Crippen molar-refractivity contribution in [2.24, 2.45) is 5.92 Å². The van der Waals surface area contributed by atoms with Gasteiger partial charge in [-0.05, 0) is 73.7 Å². The second-order valence-electron chi connectivity index (χ2n) is 6.94. The number of nitrogens with one attached hydrogen (secondary N) is 1. The third kappa shape index (κ3) is 5.88. The van der Waals surface area contributed by atoms with Gasteiger partial charge in [0.05, 0.1) is 5.02 Å². The summed E-state index contributed by atoms with van der Waals surface area (Å²) in [4.78, 5) is 14.0. The smallest absolute Gasteiger partial charge is 0.410 e. The van der Waals surface area contributed by atoms with Crippen molar-refractivity contribution < 1.29 is 9.53 Å². The van der Waals surface area contributed by atoms with E-state index < -0.39 is 5.60 Å². The van der Waals surface area contributed by atoms with Gasteiger partial charge in [-0.3, -0.25) is 0 Å². The molecule has 6 heteroatoms. The minimum Gasteiger partial charge on any atom is -0.444 e. The average Bonchev–Trinajstić information content (AvgIpc) is 2.47. The maximum Gasteiger partial charge on any atom is 0.410 e. The summed E-state index contributed by atoms with van der Waals surface area (Å²) in [5, 5.41) is 4.09. The van der Waals surface area contributed by atoms with Crippen LogP contribution in [0.3, 0.4) is 0 Å². The average molecular weight is 404 g/mol. The highest BCUT2D eigenvalue weighted by Crippen LogP contribution is 2.26. The zero-order chi connectivity index (χ0) is 17.0. The molecule has 0 bridgehead atoms. The van der Waals surface area contributed by atoms with E-state index in [1.165, 1.54) is 0 Å². The molecule has 1 aromatic rings. The number of rotatable bonds is 3. The van der Waals surface area contributed by atoms with Gasteiger partial charge in [-0.2, -0.15) is 0 Å². The highest BCUT2D eigenvalue weighted by Gasteiger charge is 2.27. The van der Waals surface area contributed by atoms with Gasteiger partial charge in [-0.1, -0.05) is 11.6 Å². The lowest BCUT2D eigenvalue weighted by Crippen LogP contribution is -2.44. The molecule has 1 atom stereocenters. The van der Waals surface area contributed by atoms with Gasteiger partial charge >= 0.3 is 6.09 Å². The number of benzene rings is 1. The largest absolute Gasteiger partial charge is 0.444 e. The number of carbonyl (C=O) groups excluding carboxylic acids is 1. The highest BCUT2D eigenvalue weighted by molar-refractivity contribution is 9.10. The van der Waals surface area contributed by atoms with Crippen molar-refractivity contribution in [1.82, 2.24) is 4.90 Å². The van der Waals surface area contributed by atoms with Crippen molar-refractivity contribution >= 4 is 39.3 Å². The molecular weight excluding hydrogens is 380 g/mol. The van der Waals surface area contributed by atoms with Gasteiger partial charge in [0.25, 0.3) is 0 Å². The Morgan fingerprint density at radius 1 is 1.48 bits per heavy atom. The molecule has 1 aromatic carbocycles. The van der Waals surface area contributed by atoms with E-state index in [1.54, 1.807) is 0 Å². The third-order valence-electron chi connectivity index (χ3n) is 3.69.